The zero-order valence-electron chi connectivity index (χ0n) is 10.2. The van der Waals surface area contributed by atoms with E-state index in [1.54, 1.807) is 0 Å². The van der Waals surface area contributed by atoms with Crippen molar-refractivity contribution in [2.24, 2.45) is 5.92 Å². The van der Waals surface area contributed by atoms with Crippen LogP contribution in [0.5, 0.6) is 0 Å². The van der Waals surface area contributed by atoms with E-state index in [1.165, 1.54) is 25.8 Å². The third-order valence-electron chi connectivity index (χ3n) is 2.68. The summed E-state index contributed by atoms with van der Waals surface area (Å²) in [5.74, 6) is 1.05. The van der Waals surface area contributed by atoms with Crippen LogP contribution >= 0.6 is 0 Å². The lowest BCUT2D eigenvalue weighted by molar-refractivity contribution is 0.385. The van der Waals surface area contributed by atoms with E-state index in [-0.39, 0.29) is 5.54 Å². The fourth-order valence-electron chi connectivity index (χ4n) is 1.47. The molecule has 0 amide bonds. The van der Waals surface area contributed by atoms with Gasteiger partial charge in [-0.3, -0.25) is 0 Å². The zero-order chi connectivity index (χ0) is 10.6. The maximum absolute atomic E-state index is 3.56. The van der Waals surface area contributed by atoms with E-state index >= 15 is 0 Å². The Hall–Kier alpha value is -0.0800. The molecule has 2 nitrogen and oxygen atoms in total. The van der Waals surface area contributed by atoms with Crippen molar-refractivity contribution in [1.82, 2.24) is 10.6 Å². The van der Waals surface area contributed by atoms with Crippen molar-refractivity contribution >= 4 is 0 Å². The summed E-state index contributed by atoms with van der Waals surface area (Å²) in [7, 11) is 0. The Morgan fingerprint density at radius 3 is 2.43 bits per heavy atom. The van der Waals surface area contributed by atoms with Crippen LogP contribution in [-0.4, -0.2) is 24.7 Å². The van der Waals surface area contributed by atoms with Crippen LogP contribution in [0.25, 0.3) is 0 Å². The molecule has 0 radical (unpaired) electrons. The fraction of sp³-hybridized carbons (Fsp3) is 1.00. The molecule has 0 aliphatic heterocycles. The molecule has 1 atom stereocenters. The highest BCUT2D eigenvalue weighted by Crippen LogP contribution is 2.31. The molecule has 0 aromatic rings. The van der Waals surface area contributed by atoms with Gasteiger partial charge in [0, 0.05) is 18.1 Å². The van der Waals surface area contributed by atoms with Gasteiger partial charge in [-0.2, -0.15) is 0 Å². The van der Waals surface area contributed by atoms with E-state index in [1.807, 2.05) is 0 Å². The minimum Gasteiger partial charge on any atom is -0.313 e. The first-order valence-corrected chi connectivity index (χ1v) is 5.96. The fourth-order valence-corrected chi connectivity index (χ4v) is 1.47. The lowest BCUT2D eigenvalue weighted by Crippen LogP contribution is -2.44. The zero-order valence-corrected chi connectivity index (χ0v) is 10.2. The van der Waals surface area contributed by atoms with E-state index in [9.17, 15) is 0 Å². The van der Waals surface area contributed by atoms with Gasteiger partial charge in [-0.05, 0) is 46.6 Å². The van der Waals surface area contributed by atoms with Gasteiger partial charge in [0.15, 0.2) is 0 Å². The maximum Gasteiger partial charge on any atom is 0.0164 e. The van der Waals surface area contributed by atoms with Crippen LogP contribution in [0.15, 0.2) is 0 Å². The molecule has 0 bridgehead atoms. The van der Waals surface area contributed by atoms with E-state index < -0.39 is 0 Å². The van der Waals surface area contributed by atoms with Crippen molar-refractivity contribution in [3.8, 4) is 0 Å². The third kappa shape index (κ3) is 6.39. The molecular formula is C12H26N2. The molecule has 1 saturated carbocycles. The SMILES string of the molecule is CC(CNC(C)(C)C)NCCC1CC1. The Labute approximate surface area is 88.8 Å². The second kappa shape index (κ2) is 5.13. The molecule has 84 valence electrons. The van der Waals surface area contributed by atoms with E-state index in [0.717, 1.165) is 12.5 Å². The summed E-state index contributed by atoms with van der Waals surface area (Å²) in [6.45, 7) is 11.1. The van der Waals surface area contributed by atoms with Crippen LogP contribution < -0.4 is 10.6 Å². The van der Waals surface area contributed by atoms with Gasteiger partial charge in [-0.15, -0.1) is 0 Å². The van der Waals surface area contributed by atoms with Gasteiger partial charge in [-0.1, -0.05) is 12.8 Å². The minimum absolute atomic E-state index is 0.242. The molecular weight excluding hydrogens is 172 g/mol. The Kier molecular flexibility index (Phi) is 4.39. The van der Waals surface area contributed by atoms with Crippen molar-refractivity contribution in [3.05, 3.63) is 0 Å². The molecule has 1 unspecified atom stereocenters. The molecule has 2 heteroatoms. The predicted octanol–water partition coefficient (Wildman–Crippen LogP) is 2.15. The molecule has 1 rings (SSSR count). The van der Waals surface area contributed by atoms with E-state index in [4.69, 9.17) is 0 Å². The van der Waals surface area contributed by atoms with E-state index in [0.29, 0.717) is 6.04 Å². The van der Waals surface area contributed by atoms with Crippen LogP contribution in [0.2, 0.25) is 0 Å². The minimum atomic E-state index is 0.242. The molecule has 1 fully saturated rings. The second-order valence-electron chi connectivity index (χ2n) is 5.72. The van der Waals surface area contributed by atoms with Crippen molar-refractivity contribution < 1.29 is 0 Å². The Bertz CT molecular complexity index is 156. The molecule has 0 aromatic heterocycles. The predicted molar refractivity (Wildman–Crippen MR) is 62.6 cm³/mol. The van der Waals surface area contributed by atoms with Crippen molar-refractivity contribution in [2.75, 3.05) is 13.1 Å². The maximum atomic E-state index is 3.56. The molecule has 1 aliphatic rings. The average molecular weight is 198 g/mol. The van der Waals surface area contributed by atoms with Crippen molar-refractivity contribution in [1.29, 1.82) is 0 Å². The van der Waals surface area contributed by atoms with Gasteiger partial charge in [0.25, 0.3) is 0 Å². The largest absolute Gasteiger partial charge is 0.313 e. The Morgan fingerprint density at radius 1 is 1.29 bits per heavy atom. The standard InChI is InChI=1S/C12H26N2/c1-10(9-14-12(2,3)4)13-8-7-11-5-6-11/h10-11,13-14H,5-9H2,1-4H3. The normalized spacial score (nSPS) is 19.7. The summed E-state index contributed by atoms with van der Waals surface area (Å²) in [6, 6.07) is 0.591. The van der Waals surface area contributed by atoms with E-state index in [2.05, 4.69) is 38.3 Å². The second-order valence-corrected chi connectivity index (χ2v) is 5.72. The number of rotatable bonds is 6. The third-order valence-corrected chi connectivity index (χ3v) is 2.68. The molecule has 0 spiro atoms. The molecule has 0 heterocycles. The van der Waals surface area contributed by atoms with Crippen molar-refractivity contribution in [3.63, 3.8) is 0 Å². The van der Waals surface area contributed by atoms with Gasteiger partial charge < -0.3 is 10.6 Å². The number of hydrogen-bond donors (Lipinski definition) is 2. The molecule has 0 saturated heterocycles. The lowest BCUT2D eigenvalue weighted by Gasteiger charge is -2.24. The number of nitrogens with one attached hydrogen (secondary N) is 2. The van der Waals surface area contributed by atoms with Gasteiger partial charge in [0.1, 0.15) is 0 Å². The van der Waals surface area contributed by atoms with Gasteiger partial charge in [-0.25, -0.2) is 0 Å². The Balaban J connectivity index is 1.94. The topological polar surface area (TPSA) is 24.1 Å². The summed E-state index contributed by atoms with van der Waals surface area (Å²) in [6.07, 6.45) is 4.31. The van der Waals surface area contributed by atoms with Crippen molar-refractivity contribution in [2.45, 2.75) is 58.5 Å². The Morgan fingerprint density at radius 2 is 1.93 bits per heavy atom. The first-order chi connectivity index (χ1) is 6.47. The van der Waals surface area contributed by atoms with Crippen LogP contribution in [0.1, 0.15) is 47.0 Å². The number of hydrogen-bond acceptors (Lipinski definition) is 2. The molecule has 0 aromatic carbocycles. The average Bonchev–Trinajstić information content (AvgIpc) is 2.83. The highest BCUT2D eigenvalue weighted by molar-refractivity contribution is 4.77. The highest BCUT2D eigenvalue weighted by atomic mass is 15.0. The summed E-state index contributed by atoms with van der Waals surface area (Å²) < 4.78 is 0. The van der Waals surface area contributed by atoms with Crippen LogP contribution in [0.4, 0.5) is 0 Å². The van der Waals surface area contributed by atoms with Gasteiger partial charge >= 0.3 is 0 Å². The summed E-state index contributed by atoms with van der Waals surface area (Å²) in [5, 5.41) is 7.08. The highest BCUT2D eigenvalue weighted by Gasteiger charge is 2.20. The lowest BCUT2D eigenvalue weighted by atomic mass is 10.1. The van der Waals surface area contributed by atoms with Gasteiger partial charge in [0.2, 0.25) is 0 Å². The molecule has 2 N–H and O–H groups in total. The van der Waals surface area contributed by atoms with Crippen LogP contribution in [0, 0.1) is 5.92 Å². The van der Waals surface area contributed by atoms with Gasteiger partial charge in [0.05, 0.1) is 0 Å². The first-order valence-electron chi connectivity index (χ1n) is 5.96. The monoisotopic (exact) mass is 198 g/mol. The summed E-state index contributed by atoms with van der Waals surface area (Å²) in [5.41, 5.74) is 0.242. The smallest absolute Gasteiger partial charge is 0.0164 e. The summed E-state index contributed by atoms with van der Waals surface area (Å²) in [4.78, 5) is 0. The van der Waals surface area contributed by atoms with Crippen LogP contribution in [0.3, 0.4) is 0 Å². The molecule has 1 aliphatic carbocycles. The summed E-state index contributed by atoms with van der Waals surface area (Å²) >= 11 is 0. The quantitative estimate of drug-likeness (QED) is 0.683. The molecule has 14 heavy (non-hydrogen) atoms. The first kappa shape index (κ1) is 12.0. The van der Waals surface area contributed by atoms with Crippen LogP contribution in [-0.2, 0) is 0 Å².